The van der Waals surface area contributed by atoms with Crippen LogP contribution in [0, 0.1) is 0 Å². The maximum absolute atomic E-state index is 12.6. The zero-order valence-corrected chi connectivity index (χ0v) is 11.1. The minimum atomic E-state index is -2.78. The number of aromatic nitrogens is 1. The van der Waals surface area contributed by atoms with Gasteiger partial charge in [-0.15, -0.1) is 0 Å². The van der Waals surface area contributed by atoms with E-state index < -0.39 is 24.5 Å². The highest BCUT2D eigenvalue weighted by Gasteiger charge is 2.21. The molecule has 1 rings (SSSR count). The van der Waals surface area contributed by atoms with Crippen molar-refractivity contribution >= 4 is 37.8 Å². The first kappa shape index (κ1) is 13.5. The van der Waals surface area contributed by atoms with Crippen LogP contribution in [0.25, 0.3) is 0 Å². The molecule has 0 fully saturated rings. The molecule has 0 aliphatic carbocycles. The third kappa shape index (κ3) is 2.98. The summed E-state index contributed by atoms with van der Waals surface area (Å²) in [5.74, 6) is -1.16. The van der Waals surface area contributed by atoms with Crippen LogP contribution in [0.4, 0.5) is 8.78 Å². The average Bonchev–Trinajstić information content (AvgIpc) is 2.16. The van der Waals surface area contributed by atoms with Crippen molar-refractivity contribution in [1.29, 1.82) is 0 Å². The monoisotopic (exact) mass is 357 g/mol. The summed E-state index contributed by atoms with van der Waals surface area (Å²) in [6.07, 6.45) is -1.99. The normalized spacial score (nSPS) is 10.8. The second-order valence-electron chi connectivity index (χ2n) is 2.95. The maximum atomic E-state index is 12.6. The Bertz CT molecular complexity index is 413. The predicted molar refractivity (Wildman–Crippen MR) is 60.9 cm³/mol. The van der Waals surface area contributed by atoms with E-state index in [0.29, 0.717) is 15.4 Å². The molecule has 7 heteroatoms. The fourth-order valence-corrected chi connectivity index (χ4v) is 2.76. The number of alkyl halides is 3. The quantitative estimate of drug-likeness (QED) is 0.840. The zero-order valence-electron chi connectivity index (χ0n) is 7.88. The van der Waals surface area contributed by atoms with E-state index in [1.54, 1.807) is 0 Å². The minimum Gasteiger partial charge on any atom is -0.481 e. The SMILES string of the molecule is O=C(O)Cc1c(C(F)F)ncc(Br)c1CBr. The Hall–Kier alpha value is -0.560. The standard InChI is InChI=1S/C9H7Br2F2NO2/c10-2-5-4(1-7(15)16)8(9(12)13)14-3-6(5)11/h3,9H,1-2H2,(H,15,16). The number of hydrogen-bond donors (Lipinski definition) is 1. The third-order valence-corrected chi connectivity index (χ3v) is 3.19. The van der Waals surface area contributed by atoms with Crippen LogP contribution in [0.1, 0.15) is 23.2 Å². The molecule has 0 aliphatic heterocycles. The van der Waals surface area contributed by atoms with Crippen molar-refractivity contribution < 1.29 is 18.7 Å². The molecule has 16 heavy (non-hydrogen) atoms. The molecular weight excluding hydrogens is 352 g/mol. The summed E-state index contributed by atoms with van der Waals surface area (Å²) >= 11 is 6.29. The number of carboxylic acid groups (broad SMARTS) is 1. The molecule has 0 radical (unpaired) electrons. The van der Waals surface area contributed by atoms with Crippen molar-refractivity contribution in [3.63, 3.8) is 0 Å². The van der Waals surface area contributed by atoms with E-state index in [4.69, 9.17) is 5.11 Å². The lowest BCUT2D eigenvalue weighted by Crippen LogP contribution is -2.09. The van der Waals surface area contributed by atoms with Gasteiger partial charge in [0.15, 0.2) is 0 Å². The topological polar surface area (TPSA) is 50.2 Å². The number of pyridine rings is 1. The van der Waals surface area contributed by atoms with Crippen LogP contribution in [0.3, 0.4) is 0 Å². The van der Waals surface area contributed by atoms with Crippen LogP contribution < -0.4 is 0 Å². The van der Waals surface area contributed by atoms with E-state index in [2.05, 4.69) is 36.8 Å². The molecule has 0 bridgehead atoms. The van der Waals surface area contributed by atoms with Gasteiger partial charge in [-0.25, -0.2) is 8.78 Å². The third-order valence-electron chi connectivity index (χ3n) is 1.95. The van der Waals surface area contributed by atoms with Crippen LogP contribution in [-0.4, -0.2) is 16.1 Å². The van der Waals surface area contributed by atoms with Gasteiger partial charge in [-0.05, 0) is 27.1 Å². The highest BCUT2D eigenvalue weighted by molar-refractivity contribution is 9.10. The Morgan fingerprint density at radius 3 is 2.56 bits per heavy atom. The summed E-state index contributed by atoms with van der Waals surface area (Å²) < 4.78 is 25.8. The molecular formula is C9H7Br2F2NO2. The Kier molecular flexibility index (Phi) is 4.79. The number of carboxylic acids is 1. The number of aliphatic carboxylic acids is 1. The molecule has 0 saturated heterocycles. The first-order chi connectivity index (χ1) is 7.47. The smallest absolute Gasteiger partial charge is 0.307 e. The molecule has 1 N–H and O–H groups in total. The lowest BCUT2D eigenvalue weighted by atomic mass is 10.0. The van der Waals surface area contributed by atoms with Gasteiger partial charge in [-0.1, -0.05) is 15.9 Å². The van der Waals surface area contributed by atoms with Crippen LogP contribution in [-0.2, 0) is 16.5 Å². The van der Waals surface area contributed by atoms with Gasteiger partial charge in [0.1, 0.15) is 5.69 Å². The van der Waals surface area contributed by atoms with Crippen LogP contribution >= 0.6 is 31.9 Å². The average molecular weight is 359 g/mol. The summed E-state index contributed by atoms with van der Waals surface area (Å²) in [4.78, 5) is 14.2. The lowest BCUT2D eigenvalue weighted by molar-refractivity contribution is -0.136. The first-order valence-electron chi connectivity index (χ1n) is 4.19. The molecule has 0 aromatic carbocycles. The Labute approximate surface area is 107 Å². The lowest BCUT2D eigenvalue weighted by Gasteiger charge is -2.12. The van der Waals surface area contributed by atoms with Gasteiger partial charge < -0.3 is 5.11 Å². The van der Waals surface area contributed by atoms with E-state index in [0.717, 1.165) is 0 Å². The molecule has 1 aromatic heterocycles. The molecule has 3 nitrogen and oxygen atoms in total. The van der Waals surface area contributed by atoms with Gasteiger partial charge in [-0.3, -0.25) is 9.78 Å². The second kappa shape index (κ2) is 5.67. The van der Waals surface area contributed by atoms with Gasteiger partial charge in [0.25, 0.3) is 6.43 Å². The highest BCUT2D eigenvalue weighted by Crippen LogP contribution is 2.30. The molecule has 0 aliphatic rings. The maximum Gasteiger partial charge on any atom is 0.307 e. The van der Waals surface area contributed by atoms with Gasteiger partial charge in [0.2, 0.25) is 0 Å². The molecule has 0 saturated carbocycles. The molecule has 0 amide bonds. The summed E-state index contributed by atoms with van der Waals surface area (Å²) in [5.41, 5.74) is 0.0847. The van der Waals surface area contributed by atoms with Crippen LogP contribution in [0.15, 0.2) is 10.7 Å². The number of rotatable bonds is 4. The second-order valence-corrected chi connectivity index (χ2v) is 4.37. The van der Waals surface area contributed by atoms with Crippen molar-refractivity contribution in [2.24, 2.45) is 0 Å². The van der Waals surface area contributed by atoms with Gasteiger partial charge in [0.05, 0.1) is 6.42 Å². The summed E-state index contributed by atoms with van der Waals surface area (Å²) in [5, 5.41) is 8.97. The highest BCUT2D eigenvalue weighted by atomic mass is 79.9. The predicted octanol–water partition coefficient (Wildman–Crippen LogP) is 3.30. The zero-order chi connectivity index (χ0) is 12.3. The number of halogens is 4. The van der Waals surface area contributed by atoms with Crippen LogP contribution in [0.5, 0.6) is 0 Å². The molecule has 1 aromatic rings. The molecule has 0 unspecified atom stereocenters. The summed E-state index contributed by atoms with van der Waals surface area (Å²) in [6.45, 7) is 0. The van der Waals surface area contributed by atoms with E-state index in [9.17, 15) is 13.6 Å². The summed E-state index contributed by atoms with van der Waals surface area (Å²) in [6, 6.07) is 0. The van der Waals surface area contributed by atoms with Crippen molar-refractivity contribution in [2.45, 2.75) is 18.2 Å². The molecule has 88 valence electrons. The van der Waals surface area contributed by atoms with Crippen molar-refractivity contribution in [2.75, 3.05) is 0 Å². The molecule has 1 heterocycles. The van der Waals surface area contributed by atoms with E-state index >= 15 is 0 Å². The van der Waals surface area contributed by atoms with Gasteiger partial charge in [0, 0.05) is 16.0 Å². The largest absolute Gasteiger partial charge is 0.481 e. The first-order valence-corrected chi connectivity index (χ1v) is 6.10. The number of nitrogens with zero attached hydrogens (tertiary/aromatic N) is 1. The fourth-order valence-electron chi connectivity index (χ4n) is 1.26. The minimum absolute atomic E-state index is 0.0637. The van der Waals surface area contributed by atoms with Crippen molar-refractivity contribution in [1.82, 2.24) is 4.98 Å². The van der Waals surface area contributed by atoms with E-state index in [-0.39, 0.29) is 5.56 Å². The molecule has 0 spiro atoms. The Balaban J connectivity index is 3.34. The Morgan fingerprint density at radius 1 is 1.50 bits per heavy atom. The Morgan fingerprint density at radius 2 is 2.12 bits per heavy atom. The van der Waals surface area contributed by atoms with Gasteiger partial charge in [-0.2, -0.15) is 0 Å². The van der Waals surface area contributed by atoms with Crippen LogP contribution in [0.2, 0.25) is 0 Å². The van der Waals surface area contributed by atoms with Crippen molar-refractivity contribution in [3.05, 3.63) is 27.5 Å². The summed E-state index contributed by atoms with van der Waals surface area (Å²) in [7, 11) is 0. The fraction of sp³-hybridized carbons (Fsp3) is 0.333. The number of carbonyl (C=O) groups is 1. The van der Waals surface area contributed by atoms with E-state index in [1.165, 1.54) is 6.20 Å². The molecule has 0 atom stereocenters. The van der Waals surface area contributed by atoms with Crippen molar-refractivity contribution in [3.8, 4) is 0 Å². The number of hydrogen-bond acceptors (Lipinski definition) is 2. The van der Waals surface area contributed by atoms with E-state index in [1.807, 2.05) is 0 Å². The van der Waals surface area contributed by atoms with Gasteiger partial charge >= 0.3 is 5.97 Å².